The largest absolute Gasteiger partial charge is 0.349 e. The SMILES string of the molecule is Cc1ccc(CC(=O)N[C@@H](C)c2ccc(S(C)(=O)=O)cc2)c(C)c1. The fraction of sp³-hybridized carbons (Fsp3) is 0.316. The molecule has 0 fully saturated rings. The Hall–Kier alpha value is -2.14. The number of sulfone groups is 1. The Balaban J connectivity index is 2.03. The summed E-state index contributed by atoms with van der Waals surface area (Å²) < 4.78 is 23.0. The first kappa shape index (κ1) is 18.2. The fourth-order valence-corrected chi connectivity index (χ4v) is 3.23. The highest BCUT2D eigenvalue weighted by Gasteiger charge is 2.13. The van der Waals surface area contributed by atoms with E-state index in [4.69, 9.17) is 0 Å². The summed E-state index contributed by atoms with van der Waals surface area (Å²) in [5.41, 5.74) is 4.17. The molecule has 0 saturated carbocycles. The van der Waals surface area contributed by atoms with Crippen LogP contribution in [-0.4, -0.2) is 20.6 Å². The van der Waals surface area contributed by atoms with Crippen molar-refractivity contribution < 1.29 is 13.2 Å². The van der Waals surface area contributed by atoms with Gasteiger partial charge in [0.1, 0.15) is 0 Å². The molecule has 5 heteroatoms. The van der Waals surface area contributed by atoms with Crippen LogP contribution in [0.4, 0.5) is 0 Å². The van der Waals surface area contributed by atoms with E-state index in [-0.39, 0.29) is 16.8 Å². The molecule has 0 saturated heterocycles. The number of carbonyl (C=O) groups is 1. The standard InChI is InChI=1S/C19H23NO3S/c1-13-5-6-17(14(2)11-13)12-19(21)20-15(3)16-7-9-18(10-8-16)24(4,22)23/h5-11,15H,12H2,1-4H3,(H,20,21)/t15-/m0/s1. The first-order valence-corrected chi connectivity index (χ1v) is 9.71. The average Bonchev–Trinajstić information content (AvgIpc) is 2.49. The van der Waals surface area contributed by atoms with Crippen LogP contribution in [0.15, 0.2) is 47.4 Å². The summed E-state index contributed by atoms with van der Waals surface area (Å²) in [6, 6.07) is 12.5. The lowest BCUT2D eigenvalue weighted by molar-refractivity contribution is -0.121. The summed E-state index contributed by atoms with van der Waals surface area (Å²) >= 11 is 0. The van der Waals surface area contributed by atoms with Crippen LogP contribution >= 0.6 is 0 Å². The van der Waals surface area contributed by atoms with Crippen molar-refractivity contribution in [1.82, 2.24) is 5.32 Å². The van der Waals surface area contributed by atoms with E-state index in [9.17, 15) is 13.2 Å². The normalized spacial score (nSPS) is 12.7. The van der Waals surface area contributed by atoms with Crippen LogP contribution in [0.2, 0.25) is 0 Å². The number of rotatable bonds is 5. The number of aryl methyl sites for hydroxylation is 2. The van der Waals surface area contributed by atoms with Gasteiger partial charge in [-0.3, -0.25) is 4.79 Å². The molecule has 0 aliphatic heterocycles. The second-order valence-electron chi connectivity index (χ2n) is 6.24. The molecule has 0 aliphatic carbocycles. The third-order valence-electron chi connectivity index (χ3n) is 4.03. The number of amides is 1. The van der Waals surface area contributed by atoms with Crippen molar-refractivity contribution in [3.8, 4) is 0 Å². The van der Waals surface area contributed by atoms with Gasteiger partial charge in [-0.05, 0) is 49.6 Å². The molecule has 0 bridgehead atoms. The van der Waals surface area contributed by atoms with E-state index in [1.165, 1.54) is 11.8 Å². The highest BCUT2D eigenvalue weighted by Crippen LogP contribution is 2.17. The van der Waals surface area contributed by atoms with Gasteiger partial charge in [-0.15, -0.1) is 0 Å². The lowest BCUT2D eigenvalue weighted by Crippen LogP contribution is -2.28. The van der Waals surface area contributed by atoms with Gasteiger partial charge in [0.05, 0.1) is 17.4 Å². The molecule has 2 aromatic carbocycles. The molecule has 0 radical (unpaired) electrons. The maximum Gasteiger partial charge on any atom is 0.224 e. The Bertz CT molecular complexity index is 839. The predicted octanol–water partition coefficient (Wildman–Crippen LogP) is 3.13. The van der Waals surface area contributed by atoms with Crippen LogP contribution < -0.4 is 5.32 Å². The maximum atomic E-state index is 12.3. The molecule has 0 heterocycles. The van der Waals surface area contributed by atoms with E-state index in [1.807, 2.05) is 32.9 Å². The molecular weight excluding hydrogens is 322 g/mol. The minimum absolute atomic E-state index is 0.0540. The zero-order chi connectivity index (χ0) is 17.9. The van der Waals surface area contributed by atoms with Crippen molar-refractivity contribution in [3.63, 3.8) is 0 Å². The minimum Gasteiger partial charge on any atom is -0.349 e. The Kier molecular flexibility index (Phi) is 5.44. The Morgan fingerprint density at radius 1 is 1.08 bits per heavy atom. The van der Waals surface area contributed by atoms with Crippen molar-refractivity contribution in [1.29, 1.82) is 0 Å². The number of hydrogen-bond donors (Lipinski definition) is 1. The summed E-state index contributed by atoms with van der Waals surface area (Å²) in [5, 5.41) is 2.96. The molecule has 1 amide bonds. The van der Waals surface area contributed by atoms with Crippen molar-refractivity contribution in [2.75, 3.05) is 6.26 Å². The third-order valence-corrected chi connectivity index (χ3v) is 5.16. The van der Waals surface area contributed by atoms with Gasteiger partial charge in [0.25, 0.3) is 0 Å². The summed E-state index contributed by atoms with van der Waals surface area (Å²) in [7, 11) is -3.20. The molecule has 0 spiro atoms. The Morgan fingerprint density at radius 2 is 1.71 bits per heavy atom. The third kappa shape index (κ3) is 4.68. The van der Waals surface area contributed by atoms with E-state index >= 15 is 0 Å². The molecule has 1 N–H and O–H groups in total. The van der Waals surface area contributed by atoms with Gasteiger partial charge in [0, 0.05) is 6.26 Å². The minimum atomic E-state index is -3.20. The molecule has 2 rings (SSSR count). The van der Waals surface area contributed by atoms with E-state index in [2.05, 4.69) is 11.4 Å². The number of carbonyl (C=O) groups excluding carboxylic acids is 1. The first-order chi connectivity index (χ1) is 11.2. The van der Waals surface area contributed by atoms with E-state index in [1.54, 1.807) is 24.3 Å². The van der Waals surface area contributed by atoms with E-state index in [0.717, 1.165) is 16.7 Å². The molecule has 2 aromatic rings. The van der Waals surface area contributed by atoms with Gasteiger partial charge in [0.2, 0.25) is 5.91 Å². The van der Waals surface area contributed by atoms with Crippen molar-refractivity contribution in [3.05, 3.63) is 64.7 Å². The zero-order valence-electron chi connectivity index (χ0n) is 14.5. The molecule has 4 nitrogen and oxygen atoms in total. The van der Waals surface area contributed by atoms with Crippen molar-refractivity contribution in [2.45, 2.75) is 38.1 Å². The monoisotopic (exact) mass is 345 g/mol. The Morgan fingerprint density at radius 3 is 2.25 bits per heavy atom. The molecule has 0 aliphatic rings. The van der Waals surface area contributed by atoms with Gasteiger partial charge in [-0.2, -0.15) is 0 Å². The van der Waals surface area contributed by atoms with Crippen LogP contribution in [0.25, 0.3) is 0 Å². The predicted molar refractivity (Wildman–Crippen MR) is 95.7 cm³/mol. The second-order valence-corrected chi connectivity index (χ2v) is 8.25. The van der Waals surface area contributed by atoms with Crippen molar-refractivity contribution >= 4 is 15.7 Å². The molecule has 24 heavy (non-hydrogen) atoms. The Labute approximate surface area is 143 Å². The van der Waals surface area contributed by atoms with Gasteiger partial charge in [-0.1, -0.05) is 35.9 Å². The molecule has 0 unspecified atom stereocenters. The lowest BCUT2D eigenvalue weighted by Gasteiger charge is -2.15. The number of benzene rings is 2. The van der Waals surface area contributed by atoms with E-state index in [0.29, 0.717) is 6.42 Å². The molecule has 0 aromatic heterocycles. The highest BCUT2D eigenvalue weighted by atomic mass is 32.2. The van der Waals surface area contributed by atoms with E-state index < -0.39 is 9.84 Å². The van der Waals surface area contributed by atoms with Crippen LogP contribution in [0.1, 0.15) is 35.2 Å². The quantitative estimate of drug-likeness (QED) is 0.905. The fourth-order valence-electron chi connectivity index (χ4n) is 2.60. The first-order valence-electron chi connectivity index (χ1n) is 7.82. The van der Waals surface area contributed by atoms with Gasteiger partial charge in [0.15, 0.2) is 9.84 Å². The number of nitrogens with one attached hydrogen (secondary N) is 1. The zero-order valence-corrected chi connectivity index (χ0v) is 15.3. The summed E-state index contributed by atoms with van der Waals surface area (Å²) in [6.07, 6.45) is 1.51. The van der Waals surface area contributed by atoms with Gasteiger partial charge >= 0.3 is 0 Å². The highest BCUT2D eigenvalue weighted by molar-refractivity contribution is 7.90. The average molecular weight is 345 g/mol. The van der Waals surface area contributed by atoms with Crippen LogP contribution in [0.3, 0.4) is 0 Å². The molecule has 1 atom stereocenters. The molecular formula is C19H23NO3S. The van der Waals surface area contributed by atoms with Crippen LogP contribution in [0.5, 0.6) is 0 Å². The summed E-state index contributed by atoms with van der Waals surface area (Å²) in [4.78, 5) is 12.5. The van der Waals surface area contributed by atoms with Crippen LogP contribution in [0, 0.1) is 13.8 Å². The van der Waals surface area contributed by atoms with Gasteiger partial charge < -0.3 is 5.32 Å². The summed E-state index contributed by atoms with van der Waals surface area (Å²) in [5.74, 6) is -0.0540. The second kappa shape index (κ2) is 7.18. The van der Waals surface area contributed by atoms with Crippen molar-refractivity contribution in [2.24, 2.45) is 0 Å². The summed E-state index contributed by atoms with van der Waals surface area (Å²) in [6.45, 7) is 5.91. The molecule has 128 valence electrons. The topological polar surface area (TPSA) is 63.2 Å². The smallest absolute Gasteiger partial charge is 0.224 e. The lowest BCUT2D eigenvalue weighted by atomic mass is 10.0. The van der Waals surface area contributed by atoms with Gasteiger partial charge in [-0.25, -0.2) is 8.42 Å². The number of hydrogen-bond acceptors (Lipinski definition) is 3. The maximum absolute atomic E-state index is 12.3. The van der Waals surface area contributed by atoms with Crippen LogP contribution in [-0.2, 0) is 21.1 Å².